The maximum absolute atomic E-state index is 12.9. The lowest BCUT2D eigenvalue weighted by Crippen LogP contribution is -2.30. The van der Waals surface area contributed by atoms with Gasteiger partial charge in [0, 0.05) is 10.6 Å². The normalized spacial score (nSPS) is 14.5. The summed E-state index contributed by atoms with van der Waals surface area (Å²) in [5, 5.41) is 3.52. The number of carbonyl (C=O) groups is 2. The Morgan fingerprint density at radius 2 is 1.79 bits per heavy atom. The number of imide groups is 1. The molecular weight excluding hydrogens is 475 g/mol. The second-order valence-electron chi connectivity index (χ2n) is 7.78. The van der Waals surface area contributed by atoms with E-state index in [1.165, 1.54) is 12.0 Å². The molecule has 1 N–H and O–H groups in total. The summed E-state index contributed by atoms with van der Waals surface area (Å²) in [5.41, 5.74) is 3.46. The van der Waals surface area contributed by atoms with Gasteiger partial charge in [-0.25, -0.2) is 4.79 Å². The number of halogens is 2. The molecule has 6 nitrogen and oxygen atoms in total. The molecule has 0 saturated carbocycles. The third-order valence-corrected chi connectivity index (χ3v) is 5.93. The van der Waals surface area contributed by atoms with Crippen LogP contribution < -0.4 is 14.8 Å². The average molecular weight is 497 g/mol. The summed E-state index contributed by atoms with van der Waals surface area (Å²) < 4.78 is 11.3. The van der Waals surface area contributed by atoms with Gasteiger partial charge in [-0.1, -0.05) is 71.2 Å². The van der Waals surface area contributed by atoms with Crippen LogP contribution in [0.25, 0.3) is 6.08 Å². The minimum atomic E-state index is -0.476. The van der Waals surface area contributed by atoms with E-state index in [0.717, 1.165) is 16.7 Å². The highest BCUT2D eigenvalue weighted by Crippen LogP contribution is 2.38. The van der Waals surface area contributed by atoms with Gasteiger partial charge >= 0.3 is 6.03 Å². The van der Waals surface area contributed by atoms with Crippen LogP contribution in [0, 0.1) is 6.92 Å². The van der Waals surface area contributed by atoms with Crippen molar-refractivity contribution in [2.45, 2.75) is 20.1 Å². The Hall–Kier alpha value is -3.48. The molecule has 0 atom stereocenters. The Morgan fingerprint density at radius 1 is 1.00 bits per heavy atom. The lowest BCUT2D eigenvalue weighted by atomic mass is 10.1. The quantitative estimate of drug-likeness (QED) is 0.322. The first-order valence-electron chi connectivity index (χ1n) is 10.5. The fraction of sp³-hybridized carbons (Fsp3) is 0.154. The first kappa shape index (κ1) is 23.7. The number of ether oxygens (including phenoxy) is 2. The Kier molecular flexibility index (Phi) is 7.10. The zero-order valence-corrected chi connectivity index (χ0v) is 20.1. The summed E-state index contributed by atoms with van der Waals surface area (Å²) in [6.45, 7) is 2.35. The molecule has 1 heterocycles. The summed E-state index contributed by atoms with van der Waals surface area (Å²) in [6, 6.07) is 17.9. The van der Waals surface area contributed by atoms with Gasteiger partial charge in [-0.2, -0.15) is 0 Å². The van der Waals surface area contributed by atoms with Crippen LogP contribution in [-0.4, -0.2) is 23.9 Å². The molecular formula is C26H22Cl2N2O4. The van der Waals surface area contributed by atoms with Crippen LogP contribution in [0.2, 0.25) is 10.0 Å². The summed E-state index contributed by atoms with van der Waals surface area (Å²) in [5.74, 6) is 0.328. The van der Waals surface area contributed by atoms with Gasteiger partial charge < -0.3 is 14.8 Å². The Morgan fingerprint density at radius 3 is 2.53 bits per heavy atom. The van der Waals surface area contributed by atoms with Crippen LogP contribution in [0.5, 0.6) is 11.5 Å². The van der Waals surface area contributed by atoms with Crippen molar-refractivity contribution in [1.29, 1.82) is 0 Å². The SMILES string of the molecule is COc1cc(/C=C2/NC(=O)N(Cc3cccc(C)c3)C2=O)cc(Cl)c1OCc1ccccc1Cl. The molecule has 34 heavy (non-hydrogen) atoms. The van der Waals surface area contributed by atoms with Crippen molar-refractivity contribution < 1.29 is 19.1 Å². The van der Waals surface area contributed by atoms with Gasteiger partial charge in [0.15, 0.2) is 11.5 Å². The minimum Gasteiger partial charge on any atom is -0.493 e. The molecule has 4 rings (SSSR count). The minimum absolute atomic E-state index is 0.153. The second-order valence-corrected chi connectivity index (χ2v) is 8.60. The number of carbonyl (C=O) groups excluding carboxylic acids is 2. The molecule has 0 bridgehead atoms. The molecule has 0 aromatic heterocycles. The third-order valence-electron chi connectivity index (χ3n) is 5.28. The van der Waals surface area contributed by atoms with Crippen molar-refractivity contribution in [1.82, 2.24) is 10.2 Å². The Balaban J connectivity index is 1.54. The molecule has 0 spiro atoms. The third kappa shape index (κ3) is 5.19. The van der Waals surface area contributed by atoms with Crippen molar-refractivity contribution in [2.24, 2.45) is 0 Å². The number of urea groups is 1. The Labute approximate surface area is 207 Å². The Bertz CT molecular complexity index is 1290. The fourth-order valence-corrected chi connectivity index (χ4v) is 4.07. The van der Waals surface area contributed by atoms with Crippen LogP contribution >= 0.6 is 23.2 Å². The van der Waals surface area contributed by atoms with Crippen LogP contribution in [0.15, 0.2) is 66.4 Å². The van der Waals surface area contributed by atoms with E-state index in [0.29, 0.717) is 27.1 Å². The standard InChI is InChI=1S/C26H22Cl2N2O4/c1-16-6-5-7-17(10-16)14-30-25(31)22(29-26(30)32)12-18-11-21(28)24(23(13-18)33-2)34-15-19-8-3-4-9-20(19)27/h3-13H,14-15H2,1-2H3,(H,29,32)/b22-12+. The van der Waals surface area contributed by atoms with Gasteiger partial charge in [0.2, 0.25) is 0 Å². The maximum atomic E-state index is 12.9. The zero-order valence-electron chi connectivity index (χ0n) is 18.6. The molecule has 1 saturated heterocycles. The summed E-state index contributed by atoms with van der Waals surface area (Å²) in [4.78, 5) is 26.5. The van der Waals surface area contributed by atoms with Crippen molar-refractivity contribution >= 4 is 41.2 Å². The van der Waals surface area contributed by atoms with Gasteiger partial charge in [0.25, 0.3) is 5.91 Å². The molecule has 1 fully saturated rings. The van der Waals surface area contributed by atoms with E-state index in [1.807, 2.05) is 49.4 Å². The monoisotopic (exact) mass is 496 g/mol. The molecule has 8 heteroatoms. The number of amides is 3. The van der Waals surface area contributed by atoms with Crippen molar-refractivity contribution in [3.8, 4) is 11.5 Å². The first-order chi connectivity index (χ1) is 16.4. The molecule has 3 amide bonds. The smallest absolute Gasteiger partial charge is 0.329 e. The molecule has 0 aliphatic carbocycles. The molecule has 3 aromatic carbocycles. The number of benzene rings is 3. The van der Waals surface area contributed by atoms with E-state index in [-0.39, 0.29) is 18.8 Å². The van der Waals surface area contributed by atoms with E-state index in [2.05, 4.69) is 5.32 Å². The summed E-state index contributed by atoms with van der Waals surface area (Å²) >= 11 is 12.7. The van der Waals surface area contributed by atoms with Crippen LogP contribution in [0.4, 0.5) is 4.79 Å². The number of aryl methyl sites for hydroxylation is 1. The topological polar surface area (TPSA) is 67.9 Å². The second kappa shape index (κ2) is 10.2. The fourth-order valence-electron chi connectivity index (χ4n) is 3.60. The van der Waals surface area contributed by atoms with E-state index in [9.17, 15) is 9.59 Å². The summed E-state index contributed by atoms with van der Waals surface area (Å²) in [6.07, 6.45) is 1.56. The summed E-state index contributed by atoms with van der Waals surface area (Å²) in [7, 11) is 1.50. The molecule has 0 radical (unpaired) electrons. The number of nitrogens with zero attached hydrogens (tertiary/aromatic N) is 1. The van der Waals surface area contributed by atoms with E-state index >= 15 is 0 Å². The predicted molar refractivity (Wildman–Crippen MR) is 132 cm³/mol. The van der Waals surface area contributed by atoms with Crippen LogP contribution in [0.3, 0.4) is 0 Å². The highest BCUT2D eigenvalue weighted by molar-refractivity contribution is 6.32. The van der Waals surface area contributed by atoms with Gasteiger partial charge in [-0.15, -0.1) is 0 Å². The predicted octanol–water partition coefficient (Wildman–Crippen LogP) is 5.98. The largest absolute Gasteiger partial charge is 0.493 e. The highest BCUT2D eigenvalue weighted by atomic mass is 35.5. The molecule has 3 aromatic rings. The lowest BCUT2D eigenvalue weighted by Gasteiger charge is -2.14. The number of nitrogens with one attached hydrogen (secondary N) is 1. The number of hydrogen-bond acceptors (Lipinski definition) is 4. The number of methoxy groups -OCH3 is 1. The zero-order chi connectivity index (χ0) is 24.2. The van der Waals surface area contributed by atoms with E-state index < -0.39 is 11.9 Å². The van der Waals surface area contributed by atoms with Crippen molar-refractivity contribution in [3.63, 3.8) is 0 Å². The lowest BCUT2D eigenvalue weighted by molar-refractivity contribution is -0.123. The molecule has 0 unspecified atom stereocenters. The molecule has 1 aliphatic rings. The van der Waals surface area contributed by atoms with Gasteiger partial charge in [-0.3, -0.25) is 9.69 Å². The van der Waals surface area contributed by atoms with Gasteiger partial charge in [0.05, 0.1) is 18.7 Å². The maximum Gasteiger partial charge on any atom is 0.329 e. The number of hydrogen-bond donors (Lipinski definition) is 1. The molecule has 1 aliphatic heterocycles. The average Bonchev–Trinajstić information content (AvgIpc) is 3.06. The van der Waals surface area contributed by atoms with Crippen molar-refractivity contribution in [2.75, 3.05) is 7.11 Å². The van der Waals surface area contributed by atoms with Crippen LogP contribution in [0.1, 0.15) is 22.3 Å². The van der Waals surface area contributed by atoms with E-state index in [1.54, 1.807) is 24.3 Å². The first-order valence-corrected chi connectivity index (χ1v) is 11.2. The van der Waals surface area contributed by atoms with Gasteiger partial charge in [0.1, 0.15) is 12.3 Å². The van der Waals surface area contributed by atoms with Crippen LogP contribution in [-0.2, 0) is 17.9 Å². The number of rotatable bonds is 7. The molecule has 174 valence electrons. The highest BCUT2D eigenvalue weighted by Gasteiger charge is 2.33. The van der Waals surface area contributed by atoms with E-state index in [4.69, 9.17) is 32.7 Å². The van der Waals surface area contributed by atoms with Crippen molar-refractivity contribution in [3.05, 3.63) is 98.7 Å². The van der Waals surface area contributed by atoms with Gasteiger partial charge in [-0.05, 0) is 42.3 Å².